The Balaban J connectivity index is 0.000000755. The fourth-order valence-electron chi connectivity index (χ4n) is 10.3. The molecule has 4 nitrogen and oxygen atoms in total. The molecule has 0 fully saturated rings. The molecule has 0 atom stereocenters. The SMILES string of the molecule is C1=CCC=C1.c1ccc(-n2c3ccccc3c3ccc4c5ccccc5n(-c5ccc(-c6ccc(-n7c8ccccc8c8ccc9c%10ccccc%10[nH]c9c87)cc6)cc5)c4c32)cc1. The van der Waals surface area contributed by atoms with E-state index in [4.69, 9.17) is 0 Å². The quantitative estimate of drug-likeness (QED) is 0.184. The average Bonchev–Trinajstić information content (AvgIpc) is 4.20. The largest absolute Gasteiger partial charge is 0.353 e. The Morgan fingerprint density at radius 2 is 0.698 bits per heavy atom. The van der Waals surface area contributed by atoms with Crippen molar-refractivity contribution in [2.45, 2.75) is 6.42 Å². The summed E-state index contributed by atoms with van der Waals surface area (Å²) in [5, 5.41) is 10.0. The van der Waals surface area contributed by atoms with E-state index in [0.29, 0.717) is 0 Å². The number of nitrogens with zero attached hydrogens (tertiary/aromatic N) is 3. The van der Waals surface area contributed by atoms with Gasteiger partial charge in [0.2, 0.25) is 0 Å². The summed E-state index contributed by atoms with van der Waals surface area (Å²) in [5.74, 6) is 0. The van der Waals surface area contributed by atoms with Gasteiger partial charge in [0.1, 0.15) is 0 Å². The Bertz CT molecular complexity index is 3950. The first kappa shape index (κ1) is 35.4. The van der Waals surface area contributed by atoms with Gasteiger partial charge in [0, 0.05) is 65.7 Å². The molecule has 0 saturated heterocycles. The van der Waals surface area contributed by atoms with E-state index < -0.39 is 0 Å². The minimum absolute atomic E-state index is 1.14. The maximum atomic E-state index is 3.77. The summed E-state index contributed by atoms with van der Waals surface area (Å²) in [5.41, 5.74) is 15.4. The van der Waals surface area contributed by atoms with Crippen molar-refractivity contribution in [2.75, 3.05) is 0 Å². The lowest BCUT2D eigenvalue weighted by molar-refractivity contribution is 1.15. The summed E-state index contributed by atoms with van der Waals surface area (Å²) in [6.07, 6.45) is 9.50. The molecule has 0 aliphatic heterocycles. The Labute approximate surface area is 363 Å². The molecule has 296 valence electrons. The zero-order valence-corrected chi connectivity index (χ0v) is 34.4. The lowest BCUT2D eigenvalue weighted by Crippen LogP contribution is -1.98. The molecule has 0 unspecified atom stereocenters. The van der Waals surface area contributed by atoms with Gasteiger partial charge in [0.25, 0.3) is 0 Å². The smallest absolute Gasteiger partial charge is 0.0788 e. The monoisotopic (exact) mass is 804 g/mol. The fourth-order valence-corrected chi connectivity index (χ4v) is 10.3. The molecule has 4 heterocycles. The highest BCUT2D eigenvalue weighted by molar-refractivity contribution is 6.24. The van der Waals surface area contributed by atoms with Crippen LogP contribution in [0.5, 0.6) is 0 Å². The minimum atomic E-state index is 1.14. The van der Waals surface area contributed by atoms with Crippen molar-refractivity contribution in [1.82, 2.24) is 18.7 Å². The third kappa shape index (κ3) is 5.41. The summed E-state index contributed by atoms with van der Waals surface area (Å²) >= 11 is 0. The summed E-state index contributed by atoms with van der Waals surface area (Å²) in [4.78, 5) is 3.77. The third-order valence-corrected chi connectivity index (χ3v) is 13.0. The zero-order valence-electron chi connectivity index (χ0n) is 34.4. The van der Waals surface area contributed by atoms with Crippen molar-refractivity contribution >= 4 is 87.2 Å². The standard InChI is InChI=1S/C54H34N4.C5H6/c1-2-12-36(13-3-1)57-49-20-10-6-16-41(49)45-32-33-46-42-17-7-11-21-50(42)58(54(46)53(45)57)38-28-24-35(25-29-38)34-22-26-37(27-23-34)56-48-19-9-5-15-40(48)44-31-30-43-39-14-4-8-18-47(39)55-51(43)52(44)56;1-2-4-5-3-1/h1-33,55H;1-4H,5H2. The summed E-state index contributed by atoms with van der Waals surface area (Å²) in [6, 6.07) is 73.0. The van der Waals surface area contributed by atoms with Crippen LogP contribution in [0, 0.1) is 0 Å². The summed E-state index contributed by atoms with van der Waals surface area (Å²) in [6.45, 7) is 0. The molecule has 1 aliphatic rings. The molecule has 4 heteroatoms. The predicted molar refractivity (Wildman–Crippen MR) is 267 cm³/mol. The van der Waals surface area contributed by atoms with Crippen LogP contribution >= 0.6 is 0 Å². The molecule has 14 rings (SSSR count). The molecule has 0 radical (unpaired) electrons. The maximum absolute atomic E-state index is 3.77. The minimum Gasteiger partial charge on any atom is -0.353 e. The van der Waals surface area contributed by atoms with Crippen LogP contribution < -0.4 is 0 Å². The highest BCUT2D eigenvalue weighted by Gasteiger charge is 2.22. The molecule has 0 amide bonds. The van der Waals surface area contributed by atoms with Crippen molar-refractivity contribution in [1.29, 1.82) is 0 Å². The van der Waals surface area contributed by atoms with Crippen LogP contribution in [0.1, 0.15) is 6.42 Å². The van der Waals surface area contributed by atoms with E-state index in [2.05, 4.69) is 243 Å². The normalized spacial score (nSPS) is 12.6. The van der Waals surface area contributed by atoms with Gasteiger partial charge in [-0.05, 0) is 78.2 Å². The molecule has 63 heavy (non-hydrogen) atoms. The fraction of sp³-hybridized carbons (Fsp3) is 0.0169. The molecule has 0 spiro atoms. The molecule has 4 aromatic heterocycles. The lowest BCUT2D eigenvalue weighted by atomic mass is 10.0. The van der Waals surface area contributed by atoms with Gasteiger partial charge in [-0.25, -0.2) is 0 Å². The molecule has 0 saturated carbocycles. The lowest BCUT2D eigenvalue weighted by Gasteiger charge is -2.13. The van der Waals surface area contributed by atoms with Gasteiger partial charge in [-0.1, -0.05) is 164 Å². The van der Waals surface area contributed by atoms with Gasteiger partial charge in [0.05, 0.1) is 38.6 Å². The first-order valence-corrected chi connectivity index (χ1v) is 21.8. The van der Waals surface area contributed by atoms with Crippen LogP contribution in [0.15, 0.2) is 224 Å². The van der Waals surface area contributed by atoms with Crippen LogP contribution in [0.2, 0.25) is 0 Å². The first-order chi connectivity index (χ1) is 31.3. The second-order valence-corrected chi connectivity index (χ2v) is 16.5. The Kier molecular flexibility index (Phi) is 7.94. The van der Waals surface area contributed by atoms with E-state index in [0.717, 1.165) is 29.0 Å². The highest BCUT2D eigenvalue weighted by Crippen LogP contribution is 2.43. The molecule has 0 bridgehead atoms. The number of hydrogen-bond donors (Lipinski definition) is 1. The van der Waals surface area contributed by atoms with Crippen molar-refractivity contribution in [3.8, 4) is 28.2 Å². The highest BCUT2D eigenvalue weighted by atomic mass is 15.0. The van der Waals surface area contributed by atoms with Crippen LogP contribution in [-0.2, 0) is 0 Å². The molecular formula is C59H40N4. The van der Waals surface area contributed by atoms with E-state index in [1.807, 2.05) is 0 Å². The molecule has 13 aromatic rings. The Morgan fingerprint density at radius 1 is 0.302 bits per heavy atom. The Morgan fingerprint density at radius 3 is 1.19 bits per heavy atom. The van der Waals surface area contributed by atoms with Gasteiger partial charge in [-0.2, -0.15) is 0 Å². The maximum Gasteiger partial charge on any atom is 0.0788 e. The number of rotatable bonds is 4. The predicted octanol–water partition coefficient (Wildman–Crippen LogP) is 15.8. The number of aromatic amines is 1. The summed E-state index contributed by atoms with van der Waals surface area (Å²) < 4.78 is 7.33. The number of fused-ring (bicyclic) bond motifs is 14. The molecular weight excluding hydrogens is 765 g/mol. The zero-order chi connectivity index (χ0) is 41.4. The van der Waals surface area contributed by atoms with Gasteiger partial charge >= 0.3 is 0 Å². The van der Waals surface area contributed by atoms with E-state index in [1.165, 1.54) is 92.8 Å². The topological polar surface area (TPSA) is 30.6 Å². The van der Waals surface area contributed by atoms with Crippen molar-refractivity contribution in [2.24, 2.45) is 0 Å². The van der Waals surface area contributed by atoms with Crippen LogP contribution in [0.4, 0.5) is 0 Å². The van der Waals surface area contributed by atoms with E-state index in [-0.39, 0.29) is 0 Å². The van der Waals surface area contributed by atoms with Gasteiger partial charge in [0.15, 0.2) is 0 Å². The second-order valence-electron chi connectivity index (χ2n) is 16.5. The van der Waals surface area contributed by atoms with Crippen LogP contribution in [0.25, 0.3) is 115 Å². The van der Waals surface area contributed by atoms with Crippen molar-refractivity contribution < 1.29 is 0 Å². The number of hydrogen-bond acceptors (Lipinski definition) is 0. The van der Waals surface area contributed by atoms with E-state index in [9.17, 15) is 0 Å². The summed E-state index contributed by atoms with van der Waals surface area (Å²) in [7, 11) is 0. The third-order valence-electron chi connectivity index (χ3n) is 13.0. The van der Waals surface area contributed by atoms with Crippen LogP contribution in [0.3, 0.4) is 0 Å². The number of benzene rings is 9. The Hall–Kier alpha value is -8.34. The first-order valence-electron chi connectivity index (χ1n) is 21.8. The second kappa shape index (κ2) is 14.1. The molecule has 9 aromatic carbocycles. The van der Waals surface area contributed by atoms with Crippen LogP contribution in [-0.4, -0.2) is 18.7 Å². The molecule has 1 aliphatic carbocycles. The number of H-pyrrole nitrogens is 1. The van der Waals surface area contributed by atoms with Gasteiger partial charge in [-0.15, -0.1) is 0 Å². The van der Waals surface area contributed by atoms with Gasteiger partial charge < -0.3 is 18.7 Å². The molecule has 1 N–H and O–H groups in total. The number of allylic oxidation sites excluding steroid dienone is 4. The number of nitrogens with one attached hydrogen (secondary N) is 1. The van der Waals surface area contributed by atoms with E-state index in [1.54, 1.807) is 0 Å². The van der Waals surface area contributed by atoms with Crippen molar-refractivity contribution in [3.63, 3.8) is 0 Å². The van der Waals surface area contributed by atoms with E-state index >= 15 is 0 Å². The van der Waals surface area contributed by atoms with Gasteiger partial charge in [-0.3, -0.25) is 0 Å². The van der Waals surface area contributed by atoms with Crippen molar-refractivity contribution in [3.05, 3.63) is 224 Å². The average molecular weight is 805 g/mol. The number of para-hydroxylation sites is 5. The number of aromatic nitrogens is 4.